The molecule has 0 unspecified atom stereocenters. The Bertz CT molecular complexity index is 949. The maximum atomic E-state index is 12.9. The number of ether oxygens (including phenoxy) is 1. The van der Waals surface area contributed by atoms with Crippen LogP contribution in [0.1, 0.15) is 52.8 Å². The highest BCUT2D eigenvalue weighted by Crippen LogP contribution is 2.29. The zero-order chi connectivity index (χ0) is 20.3. The Balaban J connectivity index is 1.82. The van der Waals surface area contributed by atoms with Gasteiger partial charge in [-0.1, -0.05) is 45.0 Å². The number of hydrogen-bond acceptors (Lipinski definition) is 4. The molecule has 0 amide bonds. The summed E-state index contributed by atoms with van der Waals surface area (Å²) in [5.74, 6) is -0.283. The van der Waals surface area contributed by atoms with Crippen LogP contribution in [0.2, 0.25) is 0 Å². The molecule has 0 saturated heterocycles. The lowest BCUT2D eigenvalue weighted by Gasteiger charge is -2.22. The van der Waals surface area contributed by atoms with Gasteiger partial charge in [0, 0.05) is 9.75 Å². The van der Waals surface area contributed by atoms with Crippen LogP contribution in [0.5, 0.6) is 0 Å². The summed E-state index contributed by atoms with van der Waals surface area (Å²) in [7, 11) is 0. The van der Waals surface area contributed by atoms with Gasteiger partial charge in [-0.2, -0.15) is 0 Å². The maximum Gasteiger partial charge on any atom is 0.339 e. The average molecular weight is 411 g/mol. The molecule has 3 rings (SSSR count). The summed E-state index contributed by atoms with van der Waals surface area (Å²) in [5, 5.41) is 3.98. The van der Waals surface area contributed by atoms with Crippen LogP contribution in [0, 0.1) is 13.8 Å². The quantitative estimate of drug-likeness (QED) is 0.334. The van der Waals surface area contributed by atoms with Crippen molar-refractivity contribution >= 4 is 40.3 Å². The predicted octanol–water partition coefficient (Wildman–Crippen LogP) is 7.01. The molecule has 0 spiro atoms. The molecule has 0 aliphatic heterocycles. The summed E-state index contributed by atoms with van der Waals surface area (Å²) in [6, 6.07) is 12.3. The van der Waals surface area contributed by atoms with Crippen molar-refractivity contribution in [2.24, 2.45) is 0 Å². The Morgan fingerprint density at radius 3 is 2.21 bits per heavy atom. The Hall–Kier alpha value is -2.17. The molecule has 0 saturated carbocycles. The highest BCUT2D eigenvalue weighted by Gasteiger charge is 2.19. The lowest BCUT2D eigenvalue weighted by atomic mass is 9.84. The van der Waals surface area contributed by atoms with E-state index >= 15 is 0 Å². The van der Waals surface area contributed by atoms with Gasteiger partial charge >= 0.3 is 5.97 Å². The van der Waals surface area contributed by atoms with Crippen molar-refractivity contribution in [2.75, 3.05) is 0 Å². The summed E-state index contributed by atoms with van der Waals surface area (Å²) >= 11 is 3.16. The van der Waals surface area contributed by atoms with Gasteiger partial charge in [-0.15, -0.1) is 22.7 Å². The maximum absolute atomic E-state index is 12.9. The molecule has 146 valence electrons. The monoisotopic (exact) mass is 410 g/mol. The number of thiophene rings is 2. The summed E-state index contributed by atoms with van der Waals surface area (Å²) < 4.78 is 5.75. The Labute approximate surface area is 175 Å². The number of aryl methyl sites for hydroxylation is 2. The first kappa shape index (κ1) is 20.6. The smallest absolute Gasteiger partial charge is 0.339 e. The molecule has 0 aliphatic rings. The van der Waals surface area contributed by atoms with Gasteiger partial charge in [-0.05, 0) is 70.5 Å². The van der Waals surface area contributed by atoms with Crippen LogP contribution in [0.4, 0.5) is 0 Å². The minimum absolute atomic E-state index is 0.0977. The zero-order valence-electron chi connectivity index (χ0n) is 17.0. The number of hydrogen-bond donors (Lipinski definition) is 0. The van der Waals surface area contributed by atoms with Crippen molar-refractivity contribution in [1.29, 1.82) is 0 Å². The number of rotatable bonds is 5. The van der Waals surface area contributed by atoms with Crippen LogP contribution in [0.15, 0.2) is 47.2 Å². The van der Waals surface area contributed by atoms with E-state index in [1.54, 1.807) is 22.7 Å². The van der Waals surface area contributed by atoms with Crippen LogP contribution in [0.3, 0.4) is 0 Å². The third-order valence-corrected chi connectivity index (χ3v) is 6.47. The van der Waals surface area contributed by atoms with Gasteiger partial charge in [-0.3, -0.25) is 0 Å². The van der Waals surface area contributed by atoms with Crippen molar-refractivity contribution in [2.45, 2.75) is 46.6 Å². The molecule has 2 heterocycles. The minimum atomic E-state index is -0.283. The van der Waals surface area contributed by atoms with E-state index in [4.69, 9.17) is 4.74 Å². The molecule has 0 atom stereocenters. The van der Waals surface area contributed by atoms with E-state index in [0.29, 0.717) is 5.57 Å². The fraction of sp³-hybridized carbons (Fsp3) is 0.292. The van der Waals surface area contributed by atoms with Crippen molar-refractivity contribution in [1.82, 2.24) is 0 Å². The lowest BCUT2D eigenvalue weighted by molar-refractivity contribution is -0.137. The zero-order valence-corrected chi connectivity index (χ0v) is 18.7. The summed E-state index contributed by atoms with van der Waals surface area (Å²) in [5.41, 5.74) is 5.42. The van der Waals surface area contributed by atoms with Crippen molar-refractivity contribution in [3.63, 3.8) is 0 Å². The number of carbonyl (C=O) groups excluding carboxylic acids is 1. The molecule has 0 bridgehead atoms. The van der Waals surface area contributed by atoms with Gasteiger partial charge in [0.2, 0.25) is 0 Å². The van der Waals surface area contributed by atoms with E-state index in [1.165, 1.54) is 5.56 Å². The SMILES string of the molecule is Cc1cc(C(C)(C)C)cc(C)c1COC(=O)C(=Cc1cccs1)c1cccs1. The highest BCUT2D eigenvalue weighted by atomic mass is 32.1. The second-order valence-corrected chi connectivity index (χ2v) is 9.89. The average Bonchev–Trinajstić information content (AvgIpc) is 3.31. The van der Waals surface area contributed by atoms with E-state index in [2.05, 4.69) is 46.8 Å². The largest absolute Gasteiger partial charge is 0.457 e. The Kier molecular flexibility index (Phi) is 6.21. The van der Waals surface area contributed by atoms with E-state index in [-0.39, 0.29) is 18.0 Å². The predicted molar refractivity (Wildman–Crippen MR) is 121 cm³/mol. The van der Waals surface area contributed by atoms with E-state index in [1.807, 2.05) is 41.1 Å². The van der Waals surface area contributed by atoms with Crippen molar-refractivity contribution in [3.8, 4) is 0 Å². The molecule has 2 nitrogen and oxygen atoms in total. The molecule has 2 aromatic heterocycles. The van der Waals surface area contributed by atoms with Crippen molar-refractivity contribution < 1.29 is 9.53 Å². The second-order valence-electron chi connectivity index (χ2n) is 7.97. The molecule has 0 aliphatic carbocycles. The first-order valence-electron chi connectivity index (χ1n) is 9.32. The third-order valence-electron chi connectivity index (χ3n) is 4.75. The summed E-state index contributed by atoms with van der Waals surface area (Å²) in [6.45, 7) is 11.1. The van der Waals surface area contributed by atoms with E-state index in [0.717, 1.165) is 26.4 Å². The van der Waals surface area contributed by atoms with E-state index < -0.39 is 0 Å². The first-order chi connectivity index (χ1) is 13.3. The topological polar surface area (TPSA) is 26.3 Å². The minimum Gasteiger partial charge on any atom is -0.457 e. The Morgan fingerprint density at radius 1 is 1.04 bits per heavy atom. The molecular weight excluding hydrogens is 384 g/mol. The molecule has 0 N–H and O–H groups in total. The van der Waals surface area contributed by atoms with Gasteiger partial charge in [-0.25, -0.2) is 4.79 Å². The molecule has 4 heteroatoms. The third kappa shape index (κ3) is 4.81. The highest BCUT2D eigenvalue weighted by molar-refractivity contribution is 7.12. The van der Waals surface area contributed by atoms with Gasteiger partial charge in [0.1, 0.15) is 6.61 Å². The molecule has 1 aromatic carbocycles. The van der Waals surface area contributed by atoms with Crippen LogP contribution in [-0.4, -0.2) is 5.97 Å². The van der Waals surface area contributed by atoms with Crippen LogP contribution in [-0.2, 0) is 21.6 Å². The molecule has 0 fully saturated rings. The molecule has 0 radical (unpaired) electrons. The summed E-state index contributed by atoms with van der Waals surface area (Å²) in [4.78, 5) is 14.9. The van der Waals surface area contributed by atoms with Gasteiger partial charge in [0.05, 0.1) is 5.57 Å². The van der Waals surface area contributed by atoms with E-state index in [9.17, 15) is 4.79 Å². The molecule has 3 aromatic rings. The fourth-order valence-corrected chi connectivity index (χ4v) is 4.44. The van der Waals surface area contributed by atoms with Gasteiger partial charge in [0.15, 0.2) is 0 Å². The molecule has 28 heavy (non-hydrogen) atoms. The Morgan fingerprint density at radius 2 is 1.68 bits per heavy atom. The van der Waals surface area contributed by atoms with Gasteiger partial charge < -0.3 is 4.74 Å². The second kappa shape index (κ2) is 8.46. The van der Waals surface area contributed by atoms with Crippen LogP contribution in [0.25, 0.3) is 11.6 Å². The van der Waals surface area contributed by atoms with Crippen LogP contribution >= 0.6 is 22.7 Å². The lowest BCUT2D eigenvalue weighted by Crippen LogP contribution is -2.13. The fourth-order valence-electron chi connectivity index (χ4n) is 3.05. The van der Waals surface area contributed by atoms with Crippen molar-refractivity contribution in [3.05, 3.63) is 79.2 Å². The number of benzene rings is 1. The molecular formula is C24H26O2S2. The first-order valence-corrected chi connectivity index (χ1v) is 11.1. The summed E-state index contributed by atoms with van der Waals surface area (Å²) in [6.07, 6.45) is 1.92. The van der Waals surface area contributed by atoms with Gasteiger partial charge in [0.25, 0.3) is 0 Å². The van der Waals surface area contributed by atoms with Crippen LogP contribution < -0.4 is 0 Å². The number of carbonyl (C=O) groups is 1. The normalized spacial score (nSPS) is 12.2. The standard InChI is InChI=1S/C24H26O2S2/c1-16-12-18(24(3,4)5)13-17(2)21(16)15-26-23(25)20(22-9-7-11-28-22)14-19-8-6-10-27-19/h6-14H,15H2,1-5H3. The number of esters is 1.